The summed E-state index contributed by atoms with van der Waals surface area (Å²) in [5.74, 6) is -1.66. The Bertz CT molecular complexity index is 1160. The zero-order valence-corrected chi connectivity index (χ0v) is 17.8. The minimum atomic E-state index is -4.46. The second-order valence-electron chi connectivity index (χ2n) is 7.40. The summed E-state index contributed by atoms with van der Waals surface area (Å²) in [6, 6.07) is 17.4. The molecule has 0 aliphatic carbocycles. The number of carbonyl (C=O) groups excluding carboxylic acids is 3. The molecule has 1 unspecified atom stereocenters. The van der Waals surface area contributed by atoms with E-state index >= 15 is 0 Å². The molecule has 0 saturated heterocycles. The maximum Gasteiger partial charge on any atom is 0.416 e. The fourth-order valence-corrected chi connectivity index (χ4v) is 3.12. The van der Waals surface area contributed by atoms with E-state index in [1.165, 1.54) is 30.3 Å². The summed E-state index contributed by atoms with van der Waals surface area (Å²) in [4.78, 5) is 37.6. The maximum absolute atomic E-state index is 12.6. The Labute approximate surface area is 193 Å². The molecule has 0 heterocycles. The number of carbonyl (C=O) groups is 3. The smallest absolute Gasteiger partial charge is 0.394 e. The first-order valence-corrected chi connectivity index (χ1v) is 10.2. The molecule has 2 amide bonds. The van der Waals surface area contributed by atoms with Crippen LogP contribution in [0.1, 0.15) is 37.4 Å². The van der Waals surface area contributed by atoms with E-state index in [0.29, 0.717) is 11.1 Å². The number of hydrogen-bond acceptors (Lipinski definition) is 4. The zero-order chi connectivity index (χ0) is 24.7. The Morgan fingerprint density at radius 2 is 1.44 bits per heavy atom. The highest BCUT2D eigenvalue weighted by atomic mass is 19.4. The topological polar surface area (TPSA) is 95.5 Å². The van der Waals surface area contributed by atoms with E-state index in [1.54, 1.807) is 36.4 Å². The van der Waals surface area contributed by atoms with Gasteiger partial charge in [0.15, 0.2) is 5.78 Å². The van der Waals surface area contributed by atoms with Crippen LogP contribution in [0, 0.1) is 0 Å². The average molecular weight is 470 g/mol. The van der Waals surface area contributed by atoms with Gasteiger partial charge < -0.3 is 15.7 Å². The van der Waals surface area contributed by atoms with Gasteiger partial charge in [-0.3, -0.25) is 14.4 Å². The third kappa shape index (κ3) is 6.29. The SMILES string of the molecule is O=C(NC(CO)C(=O)NCc1ccc(C(F)(F)F)cc1)c1cccc(C(=O)c2ccccc2)c1. The Morgan fingerprint density at radius 3 is 2.06 bits per heavy atom. The molecule has 3 rings (SSSR count). The molecule has 0 aliphatic heterocycles. The van der Waals surface area contributed by atoms with Crippen LogP contribution in [-0.2, 0) is 17.5 Å². The van der Waals surface area contributed by atoms with E-state index in [1.807, 2.05) is 0 Å². The normalized spacial score (nSPS) is 12.0. The number of halogens is 3. The van der Waals surface area contributed by atoms with Crippen molar-refractivity contribution in [2.24, 2.45) is 0 Å². The molecule has 9 heteroatoms. The predicted octanol–water partition coefficient (Wildman–Crippen LogP) is 3.34. The van der Waals surface area contributed by atoms with Gasteiger partial charge in [-0.15, -0.1) is 0 Å². The van der Waals surface area contributed by atoms with E-state index in [9.17, 15) is 32.7 Å². The Balaban J connectivity index is 1.62. The van der Waals surface area contributed by atoms with Crippen molar-refractivity contribution in [3.8, 4) is 0 Å². The van der Waals surface area contributed by atoms with Gasteiger partial charge in [-0.2, -0.15) is 13.2 Å². The third-order valence-corrected chi connectivity index (χ3v) is 4.98. The molecule has 0 spiro atoms. The Kier molecular flexibility index (Phi) is 7.80. The van der Waals surface area contributed by atoms with Crippen LogP contribution in [-0.4, -0.2) is 35.4 Å². The summed E-state index contributed by atoms with van der Waals surface area (Å²) in [5.41, 5.74) is 0.463. The van der Waals surface area contributed by atoms with Gasteiger partial charge >= 0.3 is 6.18 Å². The summed E-state index contributed by atoms with van der Waals surface area (Å²) in [5, 5.41) is 14.4. The number of rotatable bonds is 8. The minimum absolute atomic E-state index is 0.0929. The number of aliphatic hydroxyl groups is 1. The van der Waals surface area contributed by atoms with Crippen LogP contribution < -0.4 is 10.6 Å². The van der Waals surface area contributed by atoms with Gasteiger partial charge in [-0.1, -0.05) is 54.6 Å². The first kappa shape index (κ1) is 24.7. The van der Waals surface area contributed by atoms with Gasteiger partial charge in [0.1, 0.15) is 6.04 Å². The van der Waals surface area contributed by atoms with Crippen LogP contribution in [0.4, 0.5) is 13.2 Å². The van der Waals surface area contributed by atoms with Crippen LogP contribution in [0.2, 0.25) is 0 Å². The fourth-order valence-electron chi connectivity index (χ4n) is 3.12. The van der Waals surface area contributed by atoms with Crippen molar-refractivity contribution in [2.75, 3.05) is 6.61 Å². The van der Waals surface area contributed by atoms with Gasteiger partial charge in [0.05, 0.1) is 12.2 Å². The molecule has 3 aromatic carbocycles. The van der Waals surface area contributed by atoms with E-state index < -0.39 is 36.2 Å². The van der Waals surface area contributed by atoms with Crippen LogP contribution in [0.15, 0.2) is 78.9 Å². The molecule has 176 valence electrons. The maximum atomic E-state index is 12.6. The lowest BCUT2D eigenvalue weighted by atomic mass is 10.0. The van der Waals surface area contributed by atoms with Gasteiger partial charge in [-0.05, 0) is 29.8 Å². The molecule has 6 nitrogen and oxygen atoms in total. The second-order valence-corrected chi connectivity index (χ2v) is 7.40. The third-order valence-electron chi connectivity index (χ3n) is 4.98. The summed E-state index contributed by atoms with van der Waals surface area (Å²) >= 11 is 0. The number of aliphatic hydroxyl groups excluding tert-OH is 1. The molecular weight excluding hydrogens is 449 g/mol. The highest BCUT2D eigenvalue weighted by Gasteiger charge is 2.30. The molecule has 0 bridgehead atoms. The van der Waals surface area contributed by atoms with Crippen molar-refractivity contribution in [1.29, 1.82) is 0 Å². The highest BCUT2D eigenvalue weighted by Crippen LogP contribution is 2.29. The number of nitrogens with one attached hydrogen (secondary N) is 2. The fraction of sp³-hybridized carbons (Fsp3) is 0.160. The Hall–Kier alpha value is -3.98. The lowest BCUT2D eigenvalue weighted by Gasteiger charge is -2.17. The number of benzene rings is 3. The lowest BCUT2D eigenvalue weighted by molar-refractivity contribution is -0.137. The first-order valence-electron chi connectivity index (χ1n) is 10.2. The number of ketones is 1. The van der Waals surface area contributed by atoms with Crippen molar-refractivity contribution >= 4 is 17.6 Å². The van der Waals surface area contributed by atoms with Crippen molar-refractivity contribution in [2.45, 2.75) is 18.8 Å². The lowest BCUT2D eigenvalue weighted by Crippen LogP contribution is -2.48. The second kappa shape index (κ2) is 10.8. The van der Waals surface area contributed by atoms with Crippen molar-refractivity contribution in [3.63, 3.8) is 0 Å². The average Bonchev–Trinajstić information content (AvgIpc) is 2.85. The monoisotopic (exact) mass is 470 g/mol. The summed E-state index contributed by atoms with van der Waals surface area (Å²) in [6.45, 7) is -0.794. The summed E-state index contributed by atoms with van der Waals surface area (Å²) < 4.78 is 37.9. The quantitative estimate of drug-likeness (QED) is 0.440. The van der Waals surface area contributed by atoms with E-state index in [2.05, 4.69) is 10.6 Å². The number of amides is 2. The van der Waals surface area contributed by atoms with Crippen molar-refractivity contribution in [1.82, 2.24) is 10.6 Å². The van der Waals surface area contributed by atoms with Crippen LogP contribution >= 0.6 is 0 Å². The molecule has 0 saturated carbocycles. The molecule has 34 heavy (non-hydrogen) atoms. The van der Waals surface area contributed by atoms with Crippen LogP contribution in [0.25, 0.3) is 0 Å². The van der Waals surface area contributed by atoms with Gasteiger partial charge in [-0.25, -0.2) is 0 Å². The van der Waals surface area contributed by atoms with Crippen molar-refractivity contribution < 1.29 is 32.7 Å². The van der Waals surface area contributed by atoms with Crippen LogP contribution in [0.5, 0.6) is 0 Å². The number of hydrogen-bond donors (Lipinski definition) is 3. The summed E-state index contributed by atoms with van der Waals surface area (Å²) in [6.07, 6.45) is -4.46. The molecule has 0 aromatic heterocycles. The minimum Gasteiger partial charge on any atom is -0.394 e. The first-order chi connectivity index (χ1) is 16.2. The Morgan fingerprint density at radius 1 is 0.824 bits per heavy atom. The van der Waals surface area contributed by atoms with E-state index in [-0.39, 0.29) is 23.5 Å². The van der Waals surface area contributed by atoms with Crippen LogP contribution in [0.3, 0.4) is 0 Å². The molecular formula is C25H21F3N2O4. The summed E-state index contributed by atoms with van der Waals surface area (Å²) in [7, 11) is 0. The largest absolute Gasteiger partial charge is 0.416 e. The van der Waals surface area contributed by atoms with E-state index in [4.69, 9.17) is 0 Å². The molecule has 3 aromatic rings. The molecule has 0 radical (unpaired) electrons. The zero-order valence-electron chi connectivity index (χ0n) is 17.8. The van der Waals surface area contributed by atoms with Gasteiger partial charge in [0, 0.05) is 23.2 Å². The van der Waals surface area contributed by atoms with E-state index in [0.717, 1.165) is 12.1 Å². The molecule has 3 N–H and O–H groups in total. The van der Waals surface area contributed by atoms with Gasteiger partial charge in [0.25, 0.3) is 5.91 Å². The predicted molar refractivity (Wildman–Crippen MR) is 118 cm³/mol. The molecule has 0 fully saturated rings. The molecule has 1 atom stereocenters. The standard InChI is InChI=1S/C25H21F3N2O4/c26-25(27,28)20-11-9-16(10-12-20)14-29-24(34)21(15-31)30-23(33)19-8-4-7-18(13-19)22(32)17-5-2-1-3-6-17/h1-13,21,31H,14-15H2,(H,29,34)(H,30,33). The number of alkyl halides is 3. The highest BCUT2D eigenvalue weighted by molar-refractivity contribution is 6.10. The van der Waals surface area contributed by atoms with Gasteiger partial charge in [0.2, 0.25) is 5.91 Å². The molecule has 0 aliphatic rings. The van der Waals surface area contributed by atoms with Crippen molar-refractivity contribution in [3.05, 3.63) is 107 Å².